The number of benzene rings is 1. The van der Waals surface area contributed by atoms with Crippen LogP contribution in [0.4, 0.5) is 4.39 Å². The number of hydrogen-bond acceptors (Lipinski definition) is 3. The first-order valence-electron chi connectivity index (χ1n) is 6.79. The van der Waals surface area contributed by atoms with E-state index in [-0.39, 0.29) is 18.1 Å². The Morgan fingerprint density at radius 2 is 2.00 bits per heavy atom. The summed E-state index contributed by atoms with van der Waals surface area (Å²) in [6, 6.07) is 12.3. The molecule has 2 rings (SSSR count). The molecule has 0 aliphatic carbocycles. The number of nitrogens with zero attached hydrogens (tertiary/aromatic N) is 1. The van der Waals surface area contributed by atoms with Crippen molar-refractivity contribution in [3.05, 3.63) is 60.2 Å². The molecular weight excluding hydrogens is 271 g/mol. The fourth-order valence-corrected chi connectivity index (χ4v) is 1.76. The van der Waals surface area contributed by atoms with Gasteiger partial charge in [-0.1, -0.05) is 18.2 Å². The molecule has 0 unspecified atom stereocenters. The zero-order valence-corrected chi connectivity index (χ0v) is 11.6. The molecule has 0 fully saturated rings. The van der Waals surface area contributed by atoms with Crippen molar-refractivity contribution in [1.29, 1.82) is 0 Å². The Morgan fingerprint density at radius 3 is 2.76 bits per heavy atom. The zero-order valence-electron chi connectivity index (χ0n) is 11.6. The number of hydrogen-bond donors (Lipinski definition) is 1. The quantitative estimate of drug-likeness (QED) is 0.797. The predicted octanol–water partition coefficient (Wildman–Crippen LogP) is 2.70. The Bertz CT molecular complexity index is 575. The molecule has 21 heavy (non-hydrogen) atoms. The van der Waals surface area contributed by atoms with Crippen molar-refractivity contribution >= 4 is 5.91 Å². The summed E-state index contributed by atoms with van der Waals surface area (Å²) in [5.41, 5.74) is 0.242. The van der Waals surface area contributed by atoms with E-state index in [1.54, 1.807) is 0 Å². The van der Waals surface area contributed by atoms with E-state index in [9.17, 15) is 9.18 Å². The molecule has 0 bridgehead atoms. The number of pyridine rings is 1. The number of ether oxygens (including phenoxy) is 1. The van der Waals surface area contributed by atoms with Gasteiger partial charge in [0.05, 0.1) is 18.8 Å². The van der Waals surface area contributed by atoms with Crippen LogP contribution in [0.5, 0.6) is 5.75 Å². The van der Waals surface area contributed by atoms with Crippen molar-refractivity contribution in [2.45, 2.75) is 19.4 Å². The SMILES string of the molecule is O=C(CCCOc1ccccc1)NCc1ncccc1F. The van der Waals surface area contributed by atoms with Gasteiger partial charge in [-0.3, -0.25) is 9.78 Å². The minimum atomic E-state index is -0.412. The van der Waals surface area contributed by atoms with E-state index < -0.39 is 5.82 Å². The second-order valence-electron chi connectivity index (χ2n) is 4.47. The second-order valence-corrected chi connectivity index (χ2v) is 4.47. The van der Waals surface area contributed by atoms with Gasteiger partial charge in [0.25, 0.3) is 0 Å². The third-order valence-electron chi connectivity index (χ3n) is 2.85. The molecule has 4 nitrogen and oxygen atoms in total. The topological polar surface area (TPSA) is 51.2 Å². The number of amides is 1. The van der Waals surface area contributed by atoms with Crippen LogP contribution in [-0.2, 0) is 11.3 Å². The monoisotopic (exact) mass is 288 g/mol. The number of carbonyl (C=O) groups excluding carboxylic acids is 1. The average Bonchev–Trinajstić information content (AvgIpc) is 2.52. The lowest BCUT2D eigenvalue weighted by atomic mass is 10.3. The lowest BCUT2D eigenvalue weighted by molar-refractivity contribution is -0.121. The van der Waals surface area contributed by atoms with Crippen molar-refractivity contribution in [3.8, 4) is 5.75 Å². The van der Waals surface area contributed by atoms with Gasteiger partial charge >= 0.3 is 0 Å². The molecule has 0 spiro atoms. The largest absolute Gasteiger partial charge is 0.494 e. The van der Waals surface area contributed by atoms with E-state index in [1.807, 2.05) is 30.3 Å². The summed E-state index contributed by atoms with van der Waals surface area (Å²) in [5, 5.41) is 2.64. The van der Waals surface area contributed by atoms with Gasteiger partial charge in [-0.15, -0.1) is 0 Å². The Labute approximate surface area is 123 Å². The molecule has 0 saturated carbocycles. The summed E-state index contributed by atoms with van der Waals surface area (Å²) >= 11 is 0. The lowest BCUT2D eigenvalue weighted by Crippen LogP contribution is -2.24. The number of halogens is 1. The normalized spacial score (nSPS) is 10.1. The van der Waals surface area contributed by atoms with Crippen LogP contribution < -0.4 is 10.1 Å². The molecule has 1 N–H and O–H groups in total. The molecule has 110 valence electrons. The summed E-state index contributed by atoms with van der Waals surface area (Å²) in [6.45, 7) is 0.570. The molecule has 0 aliphatic rings. The third kappa shape index (κ3) is 5.22. The molecule has 0 atom stereocenters. The van der Waals surface area contributed by atoms with Crippen molar-refractivity contribution in [1.82, 2.24) is 10.3 Å². The van der Waals surface area contributed by atoms with Crippen LogP contribution in [0.3, 0.4) is 0 Å². The first kappa shape index (κ1) is 15.0. The number of nitrogens with one attached hydrogen (secondary N) is 1. The van der Waals surface area contributed by atoms with Crippen molar-refractivity contribution in [2.75, 3.05) is 6.61 Å². The summed E-state index contributed by atoms with van der Waals surface area (Å²) in [4.78, 5) is 15.5. The Kier molecular flexibility index (Phi) is 5.70. The van der Waals surface area contributed by atoms with Gasteiger partial charge in [-0.25, -0.2) is 4.39 Å². The van der Waals surface area contributed by atoms with Gasteiger partial charge in [0, 0.05) is 12.6 Å². The van der Waals surface area contributed by atoms with Gasteiger partial charge in [-0.2, -0.15) is 0 Å². The highest BCUT2D eigenvalue weighted by molar-refractivity contribution is 5.75. The maximum atomic E-state index is 13.3. The Morgan fingerprint density at radius 1 is 1.19 bits per heavy atom. The fourth-order valence-electron chi connectivity index (χ4n) is 1.76. The highest BCUT2D eigenvalue weighted by Crippen LogP contribution is 2.08. The van der Waals surface area contributed by atoms with Crippen LogP contribution in [-0.4, -0.2) is 17.5 Å². The first-order valence-corrected chi connectivity index (χ1v) is 6.79. The van der Waals surface area contributed by atoms with Gasteiger partial charge in [0.1, 0.15) is 11.6 Å². The molecular formula is C16H17FN2O2. The number of aromatic nitrogens is 1. The molecule has 1 aromatic carbocycles. The Balaban J connectivity index is 1.63. The molecule has 5 heteroatoms. The summed E-state index contributed by atoms with van der Waals surface area (Å²) in [7, 11) is 0. The fraction of sp³-hybridized carbons (Fsp3) is 0.250. The van der Waals surface area contributed by atoms with Crippen molar-refractivity contribution in [3.63, 3.8) is 0 Å². The van der Waals surface area contributed by atoms with Crippen molar-refractivity contribution < 1.29 is 13.9 Å². The highest BCUT2D eigenvalue weighted by atomic mass is 19.1. The smallest absolute Gasteiger partial charge is 0.220 e. The first-order chi connectivity index (χ1) is 10.3. The summed E-state index contributed by atoms with van der Waals surface area (Å²) in [6.07, 6.45) is 2.44. The third-order valence-corrected chi connectivity index (χ3v) is 2.85. The zero-order chi connectivity index (χ0) is 14.9. The summed E-state index contributed by atoms with van der Waals surface area (Å²) < 4.78 is 18.8. The van der Waals surface area contributed by atoms with Crippen LogP contribution >= 0.6 is 0 Å². The standard InChI is InChI=1S/C16H17FN2O2/c17-14-8-4-10-18-15(14)12-19-16(20)9-5-11-21-13-6-2-1-3-7-13/h1-4,6-8,10H,5,9,11-12H2,(H,19,20). The van der Waals surface area contributed by atoms with E-state index in [0.717, 1.165) is 5.75 Å². The van der Waals surface area contributed by atoms with Crippen LogP contribution in [0.2, 0.25) is 0 Å². The average molecular weight is 288 g/mol. The molecule has 1 heterocycles. The molecule has 1 amide bonds. The van der Waals surface area contributed by atoms with Crippen molar-refractivity contribution in [2.24, 2.45) is 0 Å². The maximum absolute atomic E-state index is 13.3. The van der Waals surface area contributed by atoms with Crippen LogP contribution in [0.15, 0.2) is 48.7 Å². The summed E-state index contributed by atoms with van der Waals surface area (Å²) in [5.74, 6) is 0.232. The van der Waals surface area contributed by atoms with Crippen LogP contribution in [0, 0.1) is 5.82 Å². The lowest BCUT2D eigenvalue weighted by Gasteiger charge is -2.07. The minimum Gasteiger partial charge on any atom is -0.494 e. The van der Waals surface area contributed by atoms with E-state index >= 15 is 0 Å². The molecule has 1 aromatic heterocycles. The van der Waals surface area contributed by atoms with Crippen LogP contribution in [0.1, 0.15) is 18.5 Å². The van der Waals surface area contributed by atoms with E-state index in [1.165, 1.54) is 18.3 Å². The van der Waals surface area contributed by atoms with Crippen LogP contribution in [0.25, 0.3) is 0 Å². The second kappa shape index (κ2) is 7.99. The van der Waals surface area contributed by atoms with E-state index in [0.29, 0.717) is 19.4 Å². The van der Waals surface area contributed by atoms with Gasteiger partial charge < -0.3 is 10.1 Å². The highest BCUT2D eigenvalue weighted by Gasteiger charge is 2.05. The molecule has 0 aliphatic heterocycles. The van der Waals surface area contributed by atoms with Gasteiger partial charge in [-0.05, 0) is 30.7 Å². The molecule has 0 radical (unpaired) electrons. The minimum absolute atomic E-state index is 0.102. The molecule has 2 aromatic rings. The van der Waals surface area contributed by atoms with E-state index in [4.69, 9.17) is 4.74 Å². The number of rotatable bonds is 7. The predicted molar refractivity (Wildman–Crippen MR) is 77.2 cm³/mol. The van der Waals surface area contributed by atoms with Gasteiger partial charge in [0.2, 0.25) is 5.91 Å². The number of para-hydroxylation sites is 1. The van der Waals surface area contributed by atoms with E-state index in [2.05, 4.69) is 10.3 Å². The molecule has 0 saturated heterocycles. The van der Waals surface area contributed by atoms with Gasteiger partial charge in [0.15, 0.2) is 0 Å². The number of carbonyl (C=O) groups is 1. The Hall–Kier alpha value is -2.43. The maximum Gasteiger partial charge on any atom is 0.220 e.